The smallest absolute Gasteiger partial charge is 0.256 e. The molecule has 2 aliphatic heterocycles. The third kappa shape index (κ3) is 2.53. The molecule has 1 aromatic carbocycles. The zero-order valence-corrected chi connectivity index (χ0v) is 13.8. The molecule has 25 heavy (non-hydrogen) atoms. The molecule has 0 aliphatic carbocycles. The van der Waals surface area contributed by atoms with Crippen LogP contribution < -0.4 is 15.8 Å². The number of nitrogens with two attached hydrogens (primary N) is 1. The fraction of sp³-hybridized carbons (Fsp3) is 0.412. The number of anilines is 2. The number of fused-ring (bicyclic) bond motifs is 2. The largest absolute Gasteiger partial charge is 0.494 e. The maximum absolute atomic E-state index is 14.0. The second-order valence-corrected chi connectivity index (χ2v) is 6.20. The van der Waals surface area contributed by atoms with Gasteiger partial charge in [-0.15, -0.1) is 0 Å². The topological polar surface area (TPSA) is 91.4 Å². The average Bonchev–Trinajstić information content (AvgIpc) is 2.97. The number of nitrogens with zero attached hydrogens (tertiary/aromatic N) is 2. The number of aromatic nitrogens is 2. The number of rotatable bonds is 2. The molecule has 3 heterocycles. The Labute approximate surface area is 143 Å². The van der Waals surface area contributed by atoms with E-state index in [1.54, 1.807) is 0 Å². The minimum absolute atomic E-state index is 0.262. The van der Waals surface area contributed by atoms with Crippen molar-refractivity contribution in [2.45, 2.75) is 25.4 Å². The van der Waals surface area contributed by atoms with Crippen LogP contribution in [0.4, 0.5) is 15.9 Å². The lowest BCUT2D eigenvalue weighted by atomic mass is 9.89. The molecule has 0 bridgehead atoms. The molecule has 1 aromatic heterocycles. The molecule has 132 valence electrons. The number of carbonyl (C=O) groups is 1. The van der Waals surface area contributed by atoms with Crippen molar-refractivity contribution in [1.29, 1.82) is 0 Å². The van der Waals surface area contributed by atoms with Gasteiger partial charge >= 0.3 is 0 Å². The van der Waals surface area contributed by atoms with Gasteiger partial charge in [-0.2, -0.15) is 9.78 Å². The minimum Gasteiger partial charge on any atom is -0.494 e. The molecule has 0 saturated heterocycles. The molecule has 0 radical (unpaired) electrons. The molecule has 0 spiro atoms. The molecule has 0 fully saturated rings. The Kier molecular flexibility index (Phi) is 3.84. The van der Waals surface area contributed by atoms with Crippen molar-refractivity contribution in [3.63, 3.8) is 0 Å². The van der Waals surface area contributed by atoms with Crippen molar-refractivity contribution >= 4 is 17.4 Å². The second kappa shape index (κ2) is 6.03. The highest BCUT2D eigenvalue weighted by Crippen LogP contribution is 2.40. The molecule has 2 aromatic rings. The van der Waals surface area contributed by atoms with Gasteiger partial charge in [-0.25, -0.2) is 4.39 Å². The first-order chi connectivity index (χ1) is 12.1. The summed E-state index contributed by atoms with van der Waals surface area (Å²) < 4.78 is 25.8. The third-order valence-electron chi connectivity index (χ3n) is 4.78. The SMILES string of the molecule is COc1cc(F)cc2c1NCCC2C(=O)n1nc2c(c1N)CCOC2. The molecule has 3 N–H and O–H groups in total. The summed E-state index contributed by atoms with van der Waals surface area (Å²) in [5.74, 6) is -0.508. The molecular weight excluding hydrogens is 327 g/mol. The molecule has 4 rings (SSSR count). The minimum atomic E-state index is -0.537. The van der Waals surface area contributed by atoms with E-state index < -0.39 is 11.7 Å². The van der Waals surface area contributed by atoms with Crippen molar-refractivity contribution < 1.29 is 18.7 Å². The highest BCUT2D eigenvalue weighted by molar-refractivity contribution is 5.91. The van der Waals surface area contributed by atoms with E-state index in [0.29, 0.717) is 61.1 Å². The van der Waals surface area contributed by atoms with Gasteiger partial charge in [0.05, 0.1) is 37.6 Å². The maximum atomic E-state index is 14.0. The summed E-state index contributed by atoms with van der Waals surface area (Å²) in [7, 11) is 1.47. The lowest BCUT2D eigenvalue weighted by molar-refractivity contribution is 0.0854. The first kappa shape index (κ1) is 15.9. The van der Waals surface area contributed by atoms with Crippen LogP contribution in [0.25, 0.3) is 0 Å². The highest BCUT2D eigenvalue weighted by atomic mass is 19.1. The van der Waals surface area contributed by atoms with Crippen LogP contribution in [0.1, 0.15) is 34.0 Å². The van der Waals surface area contributed by atoms with Gasteiger partial charge in [-0.1, -0.05) is 0 Å². The Morgan fingerprint density at radius 3 is 3.12 bits per heavy atom. The van der Waals surface area contributed by atoms with Crippen molar-refractivity contribution in [2.24, 2.45) is 0 Å². The summed E-state index contributed by atoms with van der Waals surface area (Å²) >= 11 is 0. The number of hydrogen-bond acceptors (Lipinski definition) is 6. The fourth-order valence-electron chi connectivity index (χ4n) is 3.54. The lowest BCUT2D eigenvalue weighted by Crippen LogP contribution is -2.29. The van der Waals surface area contributed by atoms with E-state index in [2.05, 4.69) is 10.4 Å². The number of carbonyl (C=O) groups excluding carboxylic acids is 1. The van der Waals surface area contributed by atoms with Crippen LogP contribution in [0.3, 0.4) is 0 Å². The summed E-state index contributed by atoms with van der Waals surface area (Å²) in [5, 5.41) is 7.52. The zero-order chi connectivity index (χ0) is 17.6. The number of benzene rings is 1. The predicted octanol–water partition coefficient (Wildman–Crippen LogP) is 1.93. The van der Waals surface area contributed by atoms with Crippen LogP contribution in [-0.4, -0.2) is 35.9 Å². The van der Waals surface area contributed by atoms with Gasteiger partial charge < -0.3 is 20.5 Å². The molecule has 0 amide bonds. The molecule has 0 saturated carbocycles. The molecule has 8 heteroatoms. The monoisotopic (exact) mass is 346 g/mol. The van der Waals surface area contributed by atoms with Crippen LogP contribution in [0, 0.1) is 5.82 Å². The van der Waals surface area contributed by atoms with Gasteiger partial charge in [0.15, 0.2) is 0 Å². The van der Waals surface area contributed by atoms with Gasteiger partial charge in [-0.3, -0.25) is 4.79 Å². The van der Waals surface area contributed by atoms with Gasteiger partial charge in [0.2, 0.25) is 0 Å². The second-order valence-electron chi connectivity index (χ2n) is 6.20. The Balaban J connectivity index is 1.76. The normalized spacial score (nSPS) is 18.9. The average molecular weight is 346 g/mol. The number of ether oxygens (including phenoxy) is 2. The van der Waals surface area contributed by atoms with E-state index in [-0.39, 0.29) is 5.91 Å². The summed E-state index contributed by atoms with van der Waals surface area (Å²) in [4.78, 5) is 13.1. The Hall–Kier alpha value is -2.61. The standard InChI is InChI=1S/C17H19FN4O3/c1-24-14-7-9(18)6-12-10(2-4-20-15(12)14)17(23)22-16(19)11-3-5-25-8-13(11)21-22/h6-7,10,20H,2-5,8,19H2,1H3. The third-order valence-corrected chi connectivity index (χ3v) is 4.78. The van der Waals surface area contributed by atoms with Gasteiger partial charge in [0.1, 0.15) is 17.4 Å². The molecule has 1 atom stereocenters. The summed E-state index contributed by atoms with van der Waals surface area (Å²) in [5.41, 5.74) is 8.92. The van der Waals surface area contributed by atoms with E-state index in [0.717, 1.165) is 5.56 Å². The summed E-state index contributed by atoms with van der Waals surface area (Å²) in [6, 6.07) is 2.67. The van der Waals surface area contributed by atoms with Crippen molar-refractivity contribution in [1.82, 2.24) is 9.78 Å². The van der Waals surface area contributed by atoms with Crippen molar-refractivity contribution in [3.8, 4) is 5.75 Å². The van der Waals surface area contributed by atoms with E-state index in [4.69, 9.17) is 15.2 Å². The highest BCUT2D eigenvalue weighted by Gasteiger charge is 2.33. The molecule has 2 aliphatic rings. The molecular formula is C17H19FN4O3. The van der Waals surface area contributed by atoms with Crippen LogP contribution >= 0.6 is 0 Å². The van der Waals surface area contributed by atoms with Gasteiger partial charge in [0.25, 0.3) is 5.91 Å². The van der Waals surface area contributed by atoms with Crippen LogP contribution in [0.15, 0.2) is 12.1 Å². The fourth-order valence-corrected chi connectivity index (χ4v) is 3.54. The Bertz CT molecular complexity index is 849. The van der Waals surface area contributed by atoms with Crippen molar-refractivity contribution in [3.05, 3.63) is 34.8 Å². The number of halogens is 1. The molecule has 7 nitrogen and oxygen atoms in total. The Morgan fingerprint density at radius 1 is 1.52 bits per heavy atom. The van der Waals surface area contributed by atoms with Gasteiger partial charge in [-0.05, 0) is 18.1 Å². The van der Waals surface area contributed by atoms with E-state index in [1.807, 2.05) is 0 Å². The maximum Gasteiger partial charge on any atom is 0.256 e. The predicted molar refractivity (Wildman–Crippen MR) is 89.4 cm³/mol. The van der Waals surface area contributed by atoms with Gasteiger partial charge in [0, 0.05) is 24.6 Å². The first-order valence-electron chi connectivity index (χ1n) is 8.19. The number of nitrogen functional groups attached to an aromatic ring is 1. The number of hydrogen-bond donors (Lipinski definition) is 2. The van der Waals surface area contributed by atoms with Crippen LogP contribution in [0.5, 0.6) is 5.75 Å². The van der Waals surface area contributed by atoms with Crippen LogP contribution in [-0.2, 0) is 17.8 Å². The molecule has 1 unspecified atom stereocenters. The van der Waals surface area contributed by atoms with E-state index in [1.165, 1.54) is 23.9 Å². The van der Waals surface area contributed by atoms with E-state index >= 15 is 0 Å². The summed E-state index contributed by atoms with van der Waals surface area (Å²) in [6.45, 7) is 1.50. The first-order valence-corrected chi connectivity index (χ1v) is 8.19. The lowest BCUT2D eigenvalue weighted by Gasteiger charge is -2.27. The van der Waals surface area contributed by atoms with Crippen LogP contribution in [0.2, 0.25) is 0 Å². The van der Waals surface area contributed by atoms with E-state index in [9.17, 15) is 9.18 Å². The quantitative estimate of drug-likeness (QED) is 0.863. The number of methoxy groups -OCH3 is 1. The Morgan fingerprint density at radius 2 is 2.36 bits per heavy atom. The van der Waals surface area contributed by atoms with Crippen molar-refractivity contribution in [2.75, 3.05) is 31.3 Å². The summed E-state index contributed by atoms with van der Waals surface area (Å²) in [6.07, 6.45) is 1.17. The zero-order valence-electron chi connectivity index (χ0n) is 13.8. The number of nitrogens with one attached hydrogen (secondary N) is 1.